The lowest BCUT2D eigenvalue weighted by Gasteiger charge is -2.17. The van der Waals surface area contributed by atoms with E-state index in [4.69, 9.17) is 4.74 Å². The van der Waals surface area contributed by atoms with Gasteiger partial charge in [0, 0.05) is 5.69 Å². The molecule has 3 aromatic rings. The van der Waals surface area contributed by atoms with Gasteiger partial charge in [0.25, 0.3) is 17.7 Å². The molecule has 0 saturated heterocycles. The highest BCUT2D eigenvalue weighted by Gasteiger charge is 2.38. The number of imide groups is 1. The fraction of sp³-hybridized carbons (Fsp3) is 0.241. The summed E-state index contributed by atoms with van der Waals surface area (Å²) in [6.07, 6.45) is 3.20. The van der Waals surface area contributed by atoms with Crippen molar-refractivity contribution >= 4 is 35.1 Å². The summed E-state index contributed by atoms with van der Waals surface area (Å²) in [5.74, 6) is -2.17. The highest BCUT2D eigenvalue weighted by Crippen LogP contribution is 2.32. The molecule has 7 nitrogen and oxygen atoms in total. The van der Waals surface area contributed by atoms with E-state index in [9.17, 15) is 19.2 Å². The van der Waals surface area contributed by atoms with Crippen LogP contribution in [-0.2, 0) is 16.0 Å². The number of carbonyl (C=O) groups excluding carboxylic acids is 4. The molecule has 0 bridgehead atoms. The quantitative estimate of drug-likeness (QED) is 0.349. The Kier molecular flexibility index (Phi) is 7.29. The summed E-state index contributed by atoms with van der Waals surface area (Å²) in [6.45, 7) is 5.37. The summed E-state index contributed by atoms with van der Waals surface area (Å²) in [6, 6.07) is 17.3. The predicted molar refractivity (Wildman–Crippen MR) is 137 cm³/mol. The van der Waals surface area contributed by atoms with Crippen LogP contribution in [0.1, 0.15) is 67.5 Å². The average molecular weight is 485 g/mol. The zero-order chi connectivity index (χ0) is 25.8. The number of nitrogens with zero attached hydrogens (tertiary/aromatic N) is 1. The summed E-state index contributed by atoms with van der Waals surface area (Å²) in [4.78, 5) is 52.0. The molecule has 0 spiro atoms. The first-order valence-electron chi connectivity index (χ1n) is 11.9. The molecule has 0 saturated carbocycles. The van der Waals surface area contributed by atoms with Crippen LogP contribution in [0.4, 0.5) is 11.4 Å². The minimum Gasteiger partial charge on any atom is -0.452 e. The van der Waals surface area contributed by atoms with E-state index in [1.807, 2.05) is 50.2 Å². The molecule has 4 rings (SSSR count). The average Bonchev–Trinajstić information content (AvgIpc) is 3.12. The van der Waals surface area contributed by atoms with E-state index in [0.717, 1.165) is 35.3 Å². The number of esters is 1. The molecule has 7 heteroatoms. The molecule has 1 aliphatic heterocycles. The third kappa shape index (κ3) is 5.20. The maximum absolute atomic E-state index is 13.1. The molecule has 0 fully saturated rings. The van der Waals surface area contributed by atoms with Crippen molar-refractivity contribution < 1.29 is 23.9 Å². The van der Waals surface area contributed by atoms with Crippen LogP contribution in [0.15, 0.2) is 60.7 Å². The van der Waals surface area contributed by atoms with Gasteiger partial charge in [-0.2, -0.15) is 0 Å². The normalized spacial score (nSPS) is 12.5. The SMILES string of the molecule is CCCCc1ccc(NC(=O)COC(=O)c2ccc3c(c2)C(=O)N(c2cc(C)ccc2C)C3=O)cc1. The number of unbranched alkanes of at least 4 members (excludes halogenated alkanes) is 1. The summed E-state index contributed by atoms with van der Waals surface area (Å²) in [5.41, 5.74) is 4.47. The van der Waals surface area contributed by atoms with E-state index in [2.05, 4.69) is 12.2 Å². The number of aryl methyl sites for hydroxylation is 3. The molecule has 0 unspecified atom stereocenters. The van der Waals surface area contributed by atoms with Crippen LogP contribution in [0.3, 0.4) is 0 Å². The van der Waals surface area contributed by atoms with Crippen molar-refractivity contribution in [1.82, 2.24) is 0 Å². The third-order valence-electron chi connectivity index (χ3n) is 6.12. The Morgan fingerprint density at radius 3 is 2.33 bits per heavy atom. The number of carbonyl (C=O) groups is 4. The van der Waals surface area contributed by atoms with Crippen molar-refractivity contribution in [1.29, 1.82) is 0 Å². The van der Waals surface area contributed by atoms with Crippen molar-refractivity contribution in [2.45, 2.75) is 40.0 Å². The Morgan fingerprint density at radius 1 is 0.889 bits per heavy atom. The molecule has 0 aromatic heterocycles. The van der Waals surface area contributed by atoms with Crippen molar-refractivity contribution in [2.24, 2.45) is 0 Å². The second-order valence-corrected chi connectivity index (χ2v) is 8.92. The summed E-state index contributed by atoms with van der Waals surface area (Å²) in [7, 11) is 0. The largest absolute Gasteiger partial charge is 0.452 e. The van der Waals surface area contributed by atoms with E-state index >= 15 is 0 Å². The molecule has 0 radical (unpaired) electrons. The van der Waals surface area contributed by atoms with Crippen LogP contribution in [0.5, 0.6) is 0 Å². The highest BCUT2D eigenvalue weighted by atomic mass is 16.5. The molecule has 184 valence electrons. The number of anilines is 2. The van der Waals surface area contributed by atoms with Crippen molar-refractivity contribution in [3.63, 3.8) is 0 Å². The Morgan fingerprint density at radius 2 is 1.61 bits per heavy atom. The first-order valence-corrected chi connectivity index (χ1v) is 11.9. The van der Waals surface area contributed by atoms with Crippen LogP contribution in [0, 0.1) is 13.8 Å². The lowest BCUT2D eigenvalue weighted by Crippen LogP contribution is -2.30. The topological polar surface area (TPSA) is 92.8 Å². The van der Waals surface area contributed by atoms with Gasteiger partial charge >= 0.3 is 5.97 Å². The predicted octanol–water partition coefficient (Wildman–Crippen LogP) is 5.24. The zero-order valence-corrected chi connectivity index (χ0v) is 20.6. The Labute approximate surface area is 210 Å². The fourth-order valence-electron chi connectivity index (χ4n) is 4.09. The van der Waals surface area contributed by atoms with E-state index in [1.165, 1.54) is 23.8 Å². The number of hydrogen-bond donors (Lipinski definition) is 1. The van der Waals surface area contributed by atoms with E-state index in [0.29, 0.717) is 11.4 Å². The van der Waals surface area contributed by atoms with Crippen molar-refractivity contribution in [3.8, 4) is 0 Å². The van der Waals surface area contributed by atoms with Gasteiger partial charge < -0.3 is 10.1 Å². The summed E-state index contributed by atoms with van der Waals surface area (Å²) >= 11 is 0. The molecular weight excluding hydrogens is 456 g/mol. The van der Waals surface area contributed by atoms with Gasteiger partial charge in [0.2, 0.25) is 0 Å². The van der Waals surface area contributed by atoms with Gasteiger partial charge in [-0.05, 0) is 79.8 Å². The number of benzene rings is 3. The lowest BCUT2D eigenvalue weighted by molar-refractivity contribution is -0.119. The molecule has 1 heterocycles. The number of nitrogens with one attached hydrogen (secondary N) is 1. The first-order chi connectivity index (χ1) is 17.3. The van der Waals surface area contributed by atoms with Crippen LogP contribution in [0.2, 0.25) is 0 Å². The van der Waals surface area contributed by atoms with E-state index < -0.39 is 30.3 Å². The Balaban J connectivity index is 1.40. The standard InChI is InChI=1S/C29H28N2O5/c1-4-5-6-20-9-12-22(13-10-20)30-26(32)17-36-29(35)21-11-14-23-24(16-21)28(34)31(27(23)33)25-15-18(2)7-8-19(25)3/h7-16H,4-6,17H2,1-3H3,(H,30,32). The Hall–Kier alpha value is -4.26. The van der Waals surface area contributed by atoms with E-state index in [-0.39, 0.29) is 16.7 Å². The van der Waals surface area contributed by atoms with Gasteiger partial charge in [-0.1, -0.05) is 37.6 Å². The van der Waals surface area contributed by atoms with Crippen molar-refractivity contribution in [2.75, 3.05) is 16.8 Å². The summed E-state index contributed by atoms with van der Waals surface area (Å²) in [5, 5.41) is 2.70. The minimum absolute atomic E-state index is 0.0887. The molecule has 3 amide bonds. The van der Waals surface area contributed by atoms with Gasteiger partial charge in [-0.15, -0.1) is 0 Å². The second-order valence-electron chi connectivity index (χ2n) is 8.92. The van der Waals surface area contributed by atoms with Crippen LogP contribution in [-0.4, -0.2) is 30.3 Å². The maximum Gasteiger partial charge on any atom is 0.338 e. The number of rotatable bonds is 8. The second kappa shape index (κ2) is 10.6. The number of amides is 3. The number of ether oxygens (including phenoxy) is 1. The molecule has 1 aliphatic rings. The molecular formula is C29H28N2O5. The monoisotopic (exact) mass is 484 g/mol. The third-order valence-corrected chi connectivity index (χ3v) is 6.12. The number of fused-ring (bicyclic) bond motifs is 1. The van der Waals surface area contributed by atoms with Gasteiger partial charge in [-0.3, -0.25) is 14.4 Å². The van der Waals surface area contributed by atoms with Gasteiger partial charge in [0.05, 0.1) is 22.4 Å². The minimum atomic E-state index is -0.756. The molecule has 1 N–H and O–H groups in total. The zero-order valence-electron chi connectivity index (χ0n) is 20.6. The highest BCUT2D eigenvalue weighted by molar-refractivity contribution is 6.35. The van der Waals surface area contributed by atoms with Gasteiger partial charge in [0.1, 0.15) is 0 Å². The molecule has 36 heavy (non-hydrogen) atoms. The molecule has 0 aliphatic carbocycles. The van der Waals surface area contributed by atoms with Crippen LogP contribution >= 0.6 is 0 Å². The first kappa shape index (κ1) is 24.9. The van der Waals surface area contributed by atoms with Crippen LogP contribution < -0.4 is 10.2 Å². The molecule has 3 aromatic carbocycles. The smallest absolute Gasteiger partial charge is 0.338 e. The van der Waals surface area contributed by atoms with Gasteiger partial charge in [-0.25, -0.2) is 9.69 Å². The van der Waals surface area contributed by atoms with Crippen LogP contribution in [0.25, 0.3) is 0 Å². The summed E-state index contributed by atoms with van der Waals surface area (Å²) < 4.78 is 5.15. The maximum atomic E-state index is 13.1. The fourth-order valence-corrected chi connectivity index (χ4v) is 4.09. The number of hydrogen-bond acceptors (Lipinski definition) is 5. The van der Waals surface area contributed by atoms with Crippen molar-refractivity contribution in [3.05, 3.63) is 94.0 Å². The van der Waals surface area contributed by atoms with E-state index in [1.54, 1.807) is 6.07 Å². The van der Waals surface area contributed by atoms with Gasteiger partial charge in [0.15, 0.2) is 6.61 Å². The Bertz CT molecular complexity index is 1340. The molecule has 0 atom stereocenters. The lowest BCUT2D eigenvalue weighted by atomic mass is 10.1.